The zero-order valence-electron chi connectivity index (χ0n) is 28.3. The molecule has 254 valence electrons. The highest BCUT2D eigenvalue weighted by atomic mass is 28.3. The van der Waals surface area contributed by atoms with Gasteiger partial charge in [0.05, 0.1) is 49.3 Å². The molecule has 1 saturated heterocycles. The number of amides is 1. The molecule has 0 saturated carbocycles. The monoisotopic (exact) mass is 678 g/mol. The Hall–Kier alpha value is -4.78. The van der Waals surface area contributed by atoms with Crippen molar-refractivity contribution in [2.24, 2.45) is 5.92 Å². The summed E-state index contributed by atoms with van der Waals surface area (Å²) in [6.45, 7) is 11.7. The maximum absolute atomic E-state index is 14.9. The summed E-state index contributed by atoms with van der Waals surface area (Å²) < 4.78 is 16.0. The summed E-state index contributed by atoms with van der Waals surface area (Å²) in [6, 6.07) is 21.5. The van der Waals surface area contributed by atoms with Crippen LogP contribution in [-0.2, 0) is 28.1 Å². The standard InChI is InChI=1S/C37H42N6O5Si/c1-6-19-42-32-16-11-26(43-35(45)29-9-7-8-10-31(29)39-43)22-30(32)37(36(42)46)24(2)34(49(4,5)28-14-12-27(47-3)13-15-28)33(48-37)17-20-41-23-25(18-21-44)38-40-41/h6-16,22-24,33-34,39,44H,1,17-21H2,2-5H3/t24-,33+,34-,37+/m0/s1. The quantitative estimate of drug-likeness (QED) is 0.158. The van der Waals surface area contributed by atoms with Crippen LogP contribution in [0.25, 0.3) is 16.6 Å². The third-order valence-corrected chi connectivity index (χ3v) is 14.9. The minimum Gasteiger partial charge on any atom is -0.497 e. The van der Waals surface area contributed by atoms with E-state index in [0.717, 1.165) is 28.2 Å². The molecule has 2 aliphatic heterocycles. The van der Waals surface area contributed by atoms with Crippen molar-refractivity contribution in [3.63, 3.8) is 0 Å². The normalized spacial score (nSPS) is 21.9. The lowest BCUT2D eigenvalue weighted by atomic mass is 9.82. The van der Waals surface area contributed by atoms with Crippen molar-refractivity contribution in [1.82, 2.24) is 24.8 Å². The van der Waals surface area contributed by atoms with Crippen LogP contribution in [0.15, 0.2) is 90.4 Å². The first kappa shape index (κ1) is 32.7. The number of H-pyrrole nitrogens is 1. The fraction of sp³-hybridized carbons (Fsp3) is 0.351. The molecule has 3 aromatic carbocycles. The van der Waals surface area contributed by atoms with Crippen LogP contribution in [0.3, 0.4) is 0 Å². The predicted octanol–water partition coefficient (Wildman–Crippen LogP) is 4.29. The first-order valence-corrected chi connectivity index (χ1v) is 19.8. The fourth-order valence-corrected chi connectivity index (χ4v) is 12.3. The number of ether oxygens (including phenoxy) is 2. The van der Waals surface area contributed by atoms with Crippen molar-refractivity contribution >= 4 is 35.8 Å². The van der Waals surface area contributed by atoms with Gasteiger partial charge in [-0.25, -0.2) is 4.68 Å². The highest BCUT2D eigenvalue weighted by Crippen LogP contribution is 2.60. The molecule has 49 heavy (non-hydrogen) atoms. The van der Waals surface area contributed by atoms with Crippen molar-refractivity contribution in [2.75, 3.05) is 25.2 Å². The topological polar surface area (TPSA) is 128 Å². The van der Waals surface area contributed by atoms with Crippen molar-refractivity contribution in [3.05, 3.63) is 107 Å². The van der Waals surface area contributed by atoms with E-state index in [1.54, 1.807) is 33.5 Å². The second-order valence-electron chi connectivity index (χ2n) is 13.6. The number of benzene rings is 3. The smallest absolute Gasteiger partial charge is 0.279 e. The van der Waals surface area contributed by atoms with E-state index in [9.17, 15) is 14.7 Å². The number of aliphatic hydroxyl groups excluding tert-OH is 1. The van der Waals surface area contributed by atoms with E-state index >= 15 is 0 Å². The van der Waals surface area contributed by atoms with Crippen LogP contribution >= 0.6 is 0 Å². The molecule has 0 bridgehead atoms. The molecule has 5 aromatic rings. The van der Waals surface area contributed by atoms with Gasteiger partial charge in [0.1, 0.15) is 5.75 Å². The molecule has 11 nitrogen and oxygen atoms in total. The second-order valence-corrected chi connectivity index (χ2v) is 18.3. The van der Waals surface area contributed by atoms with E-state index < -0.39 is 13.7 Å². The minimum atomic E-state index is -2.36. The molecular formula is C37H42N6O5Si. The average Bonchev–Trinajstić information content (AvgIpc) is 3.84. The Bertz CT molecular complexity index is 2080. The third kappa shape index (κ3) is 5.25. The molecule has 7 rings (SSSR count). The van der Waals surface area contributed by atoms with Gasteiger partial charge in [0.2, 0.25) is 0 Å². The zero-order chi connectivity index (χ0) is 34.5. The number of aryl methyl sites for hydroxylation is 1. The maximum Gasteiger partial charge on any atom is 0.279 e. The second kappa shape index (κ2) is 12.6. The van der Waals surface area contributed by atoms with Gasteiger partial charge in [-0.1, -0.05) is 60.8 Å². The number of nitrogens with zero attached hydrogens (tertiary/aromatic N) is 5. The number of anilines is 1. The maximum atomic E-state index is 14.9. The summed E-state index contributed by atoms with van der Waals surface area (Å²) in [6.07, 6.45) is 4.35. The summed E-state index contributed by atoms with van der Waals surface area (Å²) in [5.74, 6) is 0.466. The van der Waals surface area contributed by atoms with Crippen molar-refractivity contribution in [2.45, 2.75) is 56.7 Å². The van der Waals surface area contributed by atoms with E-state index in [4.69, 9.17) is 9.47 Å². The van der Waals surface area contributed by atoms with Gasteiger partial charge in [0.25, 0.3) is 11.5 Å². The van der Waals surface area contributed by atoms with Gasteiger partial charge < -0.3 is 19.5 Å². The molecule has 4 heterocycles. The Morgan fingerprint density at radius 2 is 1.90 bits per heavy atom. The number of methoxy groups -OCH3 is 1. The minimum absolute atomic E-state index is 0.00351. The molecular weight excluding hydrogens is 637 g/mol. The first-order chi connectivity index (χ1) is 23.6. The number of hydrogen-bond acceptors (Lipinski definition) is 7. The number of aromatic amines is 1. The third-order valence-electron chi connectivity index (χ3n) is 10.6. The van der Waals surface area contributed by atoms with E-state index in [-0.39, 0.29) is 35.6 Å². The summed E-state index contributed by atoms with van der Waals surface area (Å²) in [4.78, 5) is 30.1. The van der Waals surface area contributed by atoms with Crippen LogP contribution in [0.4, 0.5) is 5.69 Å². The summed E-state index contributed by atoms with van der Waals surface area (Å²) in [7, 11) is -0.695. The molecule has 2 aromatic heterocycles. The van der Waals surface area contributed by atoms with E-state index in [1.165, 1.54) is 5.19 Å². The number of aliphatic hydroxyl groups is 1. The van der Waals surface area contributed by atoms with Gasteiger partial charge in [-0.15, -0.1) is 11.7 Å². The van der Waals surface area contributed by atoms with Gasteiger partial charge in [-0.2, -0.15) is 0 Å². The molecule has 0 unspecified atom stereocenters. The fourth-order valence-electron chi connectivity index (χ4n) is 8.20. The molecule has 1 amide bonds. The van der Waals surface area contributed by atoms with Gasteiger partial charge in [-0.3, -0.25) is 19.4 Å². The Morgan fingerprint density at radius 1 is 1.12 bits per heavy atom. The number of fused-ring (bicyclic) bond motifs is 3. The molecule has 1 spiro atoms. The number of hydrogen-bond donors (Lipinski definition) is 2. The van der Waals surface area contributed by atoms with Gasteiger partial charge in [-0.05, 0) is 54.4 Å². The SMILES string of the molecule is C=CCN1C(=O)[C@]2(O[C@H](CCn3cc(CCO)nn3)[C@@H]([Si](C)(C)c3ccc(OC)cc3)[C@@H]2C)c2cc(-n3[nH]c4ccccc4c3=O)ccc21. The first-order valence-electron chi connectivity index (χ1n) is 16.7. The number of rotatable bonds is 11. The molecule has 4 atom stereocenters. The number of carbonyl (C=O) groups excluding carboxylic acids is 1. The van der Waals surface area contributed by atoms with Crippen molar-refractivity contribution in [3.8, 4) is 11.4 Å². The van der Waals surface area contributed by atoms with Crippen molar-refractivity contribution < 1.29 is 19.4 Å². The Balaban J connectivity index is 1.35. The largest absolute Gasteiger partial charge is 0.497 e. The van der Waals surface area contributed by atoms with Gasteiger partial charge in [0.15, 0.2) is 5.60 Å². The molecule has 1 fully saturated rings. The van der Waals surface area contributed by atoms with E-state index in [1.807, 2.05) is 54.7 Å². The van der Waals surface area contributed by atoms with Crippen LogP contribution in [0.5, 0.6) is 5.75 Å². The number of aromatic nitrogens is 5. The molecule has 0 aliphatic carbocycles. The molecule has 2 N–H and O–H groups in total. The molecule has 12 heteroatoms. The van der Waals surface area contributed by atoms with Crippen LogP contribution in [-0.4, -0.2) is 70.2 Å². The number of para-hydroxylation sites is 1. The van der Waals surface area contributed by atoms with Gasteiger partial charge in [0, 0.05) is 43.8 Å². The van der Waals surface area contributed by atoms with Crippen LogP contribution < -0.4 is 20.4 Å². The van der Waals surface area contributed by atoms with Crippen molar-refractivity contribution in [1.29, 1.82) is 0 Å². The predicted molar refractivity (Wildman–Crippen MR) is 191 cm³/mol. The lowest BCUT2D eigenvalue weighted by Crippen LogP contribution is -2.52. The lowest BCUT2D eigenvalue weighted by molar-refractivity contribution is -0.145. The number of carbonyl (C=O) groups is 1. The average molecular weight is 679 g/mol. The highest BCUT2D eigenvalue weighted by Gasteiger charge is 2.66. The Labute approximate surface area is 285 Å². The lowest BCUT2D eigenvalue weighted by Gasteiger charge is -2.37. The van der Waals surface area contributed by atoms with Crippen LogP contribution in [0, 0.1) is 5.92 Å². The van der Waals surface area contributed by atoms with Crippen LogP contribution in [0.1, 0.15) is 24.6 Å². The summed E-state index contributed by atoms with van der Waals surface area (Å²) in [5, 5.41) is 23.0. The molecule has 2 aliphatic rings. The Morgan fingerprint density at radius 3 is 2.61 bits per heavy atom. The van der Waals surface area contributed by atoms with E-state index in [0.29, 0.717) is 37.0 Å². The van der Waals surface area contributed by atoms with Crippen LogP contribution in [0.2, 0.25) is 18.6 Å². The summed E-state index contributed by atoms with van der Waals surface area (Å²) in [5.41, 5.74) is 2.21. The Kier molecular flexibility index (Phi) is 8.41. The zero-order valence-corrected chi connectivity index (χ0v) is 29.3. The van der Waals surface area contributed by atoms with Gasteiger partial charge >= 0.3 is 0 Å². The van der Waals surface area contributed by atoms with E-state index in [2.05, 4.69) is 54.1 Å². The highest BCUT2D eigenvalue weighted by molar-refractivity contribution is 6.91. The number of nitrogens with one attached hydrogen (secondary N) is 1. The summed E-state index contributed by atoms with van der Waals surface area (Å²) >= 11 is 0. The molecule has 0 radical (unpaired) electrons.